The maximum absolute atomic E-state index is 11.0. The normalized spacial score (nSPS) is 15.4. The molecule has 0 aromatic heterocycles. The zero-order chi connectivity index (χ0) is 20.1. The fourth-order valence-corrected chi connectivity index (χ4v) is 3.00. The first-order chi connectivity index (χ1) is 13.0. The quantitative estimate of drug-likeness (QED) is 0.629. The number of hydrogen-bond acceptors (Lipinski definition) is 5. The van der Waals surface area contributed by atoms with Gasteiger partial charge in [-0.1, -0.05) is 32.8 Å². The molecule has 154 valence electrons. The fraction of sp³-hybridized carbons (Fsp3) is 0.667. The van der Waals surface area contributed by atoms with Crippen LogP contribution in [-0.4, -0.2) is 49.4 Å². The van der Waals surface area contributed by atoms with Crippen molar-refractivity contribution in [3.05, 3.63) is 29.3 Å². The lowest BCUT2D eigenvalue weighted by Crippen LogP contribution is -2.32. The van der Waals surface area contributed by atoms with E-state index < -0.39 is 6.09 Å². The SMILES string of the molecule is CCC.COC(=O)NCCNC(C)c1ccc(O)c(CN2CCCCC2)c1. The Labute approximate surface area is 164 Å². The van der Waals surface area contributed by atoms with Crippen molar-refractivity contribution in [3.8, 4) is 5.75 Å². The highest BCUT2D eigenvalue weighted by Gasteiger charge is 2.14. The van der Waals surface area contributed by atoms with Crippen LogP contribution >= 0.6 is 0 Å². The van der Waals surface area contributed by atoms with Crippen molar-refractivity contribution in [2.75, 3.05) is 33.3 Å². The summed E-state index contributed by atoms with van der Waals surface area (Å²) >= 11 is 0. The average molecular weight is 380 g/mol. The Kier molecular flexibility index (Phi) is 11.5. The second kappa shape index (κ2) is 13.4. The van der Waals surface area contributed by atoms with Crippen molar-refractivity contribution in [2.45, 2.75) is 59.0 Å². The van der Waals surface area contributed by atoms with E-state index in [4.69, 9.17) is 0 Å². The number of nitrogens with one attached hydrogen (secondary N) is 2. The molecule has 0 spiro atoms. The Bertz CT molecular complexity index is 545. The van der Waals surface area contributed by atoms with Gasteiger partial charge in [0.15, 0.2) is 0 Å². The number of nitrogens with zero attached hydrogens (tertiary/aromatic N) is 1. The standard InChI is InChI=1S/C18H29N3O3.C3H8/c1-14(19-8-9-20-18(23)24-2)15-6-7-17(22)16(12-15)13-21-10-4-3-5-11-21;1-3-2/h6-7,12,14,19,22H,3-5,8-11,13H2,1-2H3,(H,20,23);3H2,1-2H3. The minimum Gasteiger partial charge on any atom is -0.508 e. The number of rotatable bonds is 7. The Balaban J connectivity index is 0.00000114. The number of benzene rings is 1. The Hall–Kier alpha value is -1.79. The number of carbonyl (C=O) groups excluding carboxylic acids is 1. The molecule has 1 aromatic carbocycles. The highest BCUT2D eigenvalue weighted by molar-refractivity contribution is 5.66. The van der Waals surface area contributed by atoms with Gasteiger partial charge in [0.2, 0.25) is 0 Å². The molecule has 6 nitrogen and oxygen atoms in total. The molecular weight excluding hydrogens is 342 g/mol. The third-order valence-corrected chi connectivity index (χ3v) is 4.48. The van der Waals surface area contributed by atoms with E-state index in [9.17, 15) is 9.90 Å². The van der Waals surface area contributed by atoms with Crippen LogP contribution < -0.4 is 10.6 Å². The van der Waals surface area contributed by atoms with Crippen molar-refractivity contribution in [1.82, 2.24) is 15.5 Å². The molecule has 1 atom stereocenters. The van der Waals surface area contributed by atoms with Gasteiger partial charge in [0, 0.05) is 31.2 Å². The summed E-state index contributed by atoms with van der Waals surface area (Å²) in [6, 6.07) is 5.94. The second-order valence-electron chi connectivity index (χ2n) is 7.03. The van der Waals surface area contributed by atoms with Crippen molar-refractivity contribution >= 4 is 6.09 Å². The van der Waals surface area contributed by atoms with E-state index >= 15 is 0 Å². The highest BCUT2D eigenvalue weighted by atomic mass is 16.5. The van der Waals surface area contributed by atoms with Crippen molar-refractivity contribution in [2.24, 2.45) is 0 Å². The molecule has 1 aliphatic rings. The Morgan fingerprint density at radius 1 is 1.22 bits per heavy atom. The van der Waals surface area contributed by atoms with Gasteiger partial charge in [0.25, 0.3) is 0 Å². The topological polar surface area (TPSA) is 73.8 Å². The number of alkyl carbamates (subject to hydrolysis) is 1. The van der Waals surface area contributed by atoms with Crippen LogP contribution in [0, 0.1) is 0 Å². The highest BCUT2D eigenvalue weighted by Crippen LogP contribution is 2.24. The maximum atomic E-state index is 11.0. The summed E-state index contributed by atoms with van der Waals surface area (Å²) in [6.45, 7) is 10.5. The van der Waals surface area contributed by atoms with Crippen molar-refractivity contribution in [1.29, 1.82) is 0 Å². The van der Waals surface area contributed by atoms with Gasteiger partial charge in [-0.05, 0) is 50.6 Å². The predicted octanol–water partition coefficient (Wildman–Crippen LogP) is 3.80. The Morgan fingerprint density at radius 2 is 1.89 bits per heavy atom. The summed E-state index contributed by atoms with van der Waals surface area (Å²) in [7, 11) is 1.35. The number of hydrogen-bond donors (Lipinski definition) is 3. The number of carbonyl (C=O) groups is 1. The van der Waals surface area contributed by atoms with Gasteiger partial charge >= 0.3 is 6.09 Å². The lowest BCUT2D eigenvalue weighted by atomic mass is 10.0. The fourth-order valence-electron chi connectivity index (χ4n) is 3.00. The first-order valence-corrected chi connectivity index (χ1v) is 10.1. The number of methoxy groups -OCH3 is 1. The summed E-state index contributed by atoms with van der Waals surface area (Å²) in [4.78, 5) is 13.4. The molecule has 0 saturated carbocycles. The van der Waals surface area contributed by atoms with Gasteiger partial charge in [-0.25, -0.2) is 4.79 Å². The van der Waals surface area contributed by atoms with E-state index in [1.54, 1.807) is 6.07 Å². The van der Waals surface area contributed by atoms with Crippen LogP contribution in [0.25, 0.3) is 0 Å². The van der Waals surface area contributed by atoms with Crippen LogP contribution in [0.15, 0.2) is 18.2 Å². The van der Waals surface area contributed by atoms with E-state index in [1.807, 2.05) is 6.07 Å². The molecule has 0 aliphatic carbocycles. The minimum absolute atomic E-state index is 0.144. The van der Waals surface area contributed by atoms with Gasteiger partial charge in [0.05, 0.1) is 7.11 Å². The maximum Gasteiger partial charge on any atom is 0.406 e. The van der Waals surface area contributed by atoms with Gasteiger partial charge in [-0.15, -0.1) is 0 Å². The summed E-state index contributed by atoms with van der Waals surface area (Å²) in [5.41, 5.74) is 2.12. The molecule has 1 heterocycles. The first-order valence-electron chi connectivity index (χ1n) is 10.1. The monoisotopic (exact) mass is 379 g/mol. The molecular formula is C21H37N3O3. The summed E-state index contributed by atoms with van der Waals surface area (Å²) in [6.07, 6.45) is 4.62. The molecule has 1 aliphatic heterocycles. The molecule has 1 fully saturated rings. The molecule has 2 rings (SSSR count). The minimum atomic E-state index is -0.419. The van der Waals surface area contributed by atoms with Crippen molar-refractivity contribution < 1.29 is 14.6 Å². The number of ether oxygens (including phenoxy) is 1. The molecule has 1 amide bonds. The zero-order valence-electron chi connectivity index (χ0n) is 17.4. The van der Waals surface area contributed by atoms with Crippen LogP contribution in [0.4, 0.5) is 4.79 Å². The van der Waals surface area contributed by atoms with Crippen LogP contribution in [0.1, 0.15) is 63.6 Å². The summed E-state index contributed by atoms with van der Waals surface area (Å²) in [5.74, 6) is 0.365. The van der Waals surface area contributed by atoms with Crippen LogP contribution in [0.2, 0.25) is 0 Å². The Morgan fingerprint density at radius 3 is 2.52 bits per heavy atom. The third kappa shape index (κ3) is 9.11. The number of amides is 1. The van der Waals surface area contributed by atoms with Crippen molar-refractivity contribution in [3.63, 3.8) is 0 Å². The molecule has 1 saturated heterocycles. The molecule has 27 heavy (non-hydrogen) atoms. The van der Waals surface area contributed by atoms with E-state index in [-0.39, 0.29) is 6.04 Å². The number of phenolic OH excluding ortho intramolecular Hbond substituents is 1. The number of aromatic hydroxyl groups is 1. The summed E-state index contributed by atoms with van der Waals surface area (Å²) < 4.78 is 4.53. The smallest absolute Gasteiger partial charge is 0.406 e. The van der Waals surface area contributed by atoms with E-state index in [1.165, 1.54) is 32.8 Å². The number of phenols is 1. The molecule has 1 aromatic rings. The molecule has 0 bridgehead atoms. The first kappa shape index (κ1) is 23.2. The lowest BCUT2D eigenvalue weighted by molar-refractivity contribution is 0.171. The average Bonchev–Trinajstić information content (AvgIpc) is 2.68. The molecule has 6 heteroatoms. The van der Waals surface area contributed by atoms with E-state index in [0.717, 1.165) is 30.8 Å². The van der Waals surface area contributed by atoms with Gasteiger partial charge in [-0.2, -0.15) is 0 Å². The lowest BCUT2D eigenvalue weighted by Gasteiger charge is -2.27. The van der Waals surface area contributed by atoms with Crippen LogP contribution in [0.3, 0.4) is 0 Å². The van der Waals surface area contributed by atoms with E-state index in [2.05, 4.69) is 47.1 Å². The van der Waals surface area contributed by atoms with Gasteiger partial charge < -0.3 is 20.5 Å². The van der Waals surface area contributed by atoms with Crippen LogP contribution in [-0.2, 0) is 11.3 Å². The predicted molar refractivity (Wildman–Crippen MR) is 110 cm³/mol. The number of likely N-dealkylation sites (tertiary alicyclic amines) is 1. The third-order valence-electron chi connectivity index (χ3n) is 4.48. The zero-order valence-corrected chi connectivity index (χ0v) is 17.4. The largest absolute Gasteiger partial charge is 0.508 e. The van der Waals surface area contributed by atoms with E-state index in [0.29, 0.717) is 18.8 Å². The van der Waals surface area contributed by atoms with Crippen LogP contribution in [0.5, 0.6) is 5.75 Å². The van der Waals surface area contributed by atoms with Gasteiger partial charge in [-0.3, -0.25) is 4.90 Å². The van der Waals surface area contributed by atoms with Gasteiger partial charge in [0.1, 0.15) is 5.75 Å². The molecule has 1 unspecified atom stereocenters. The molecule has 0 radical (unpaired) electrons. The molecule has 3 N–H and O–H groups in total. The number of piperidine rings is 1. The summed E-state index contributed by atoms with van der Waals surface area (Å²) in [5, 5.41) is 16.1. The second-order valence-corrected chi connectivity index (χ2v) is 7.03.